The Morgan fingerprint density at radius 2 is 2.09 bits per heavy atom. The molecule has 0 aromatic heterocycles. The van der Waals surface area contributed by atoms with Gasteiger partial charge in [0, 0.05) is 42.7 Å². The molecule has 2 aliphatic heterocycles. The summed E-state index contributed by atoms with van der Waals surface area (Å²) in [5, 5.41) is 0.413. The summed E-state index contributed by atoms with van der Waals surface area (Å²) in [5.74, 6) is -0.0208. The zero-order valence-corrected chi connectivity index (χ0v) is 13.9. The van der Waals surface area contributed by atoms with Crippen LogP contribution >= 0.6 is 11.6 Å². The summed E-state index contributed by atoms with van der Waals surface area (Å²) in [4.78, 5) is 27.2. The Labute approximate surface area is 135 Å². The fourth-order valence-corrected chi connectivity index (χ4v) is 3.48. The van der Waals surface area contributed by atoms with Crippen LogP contribution in [0.5, 0.6) is 0 Å². The maximum atomic E-state index is 12.0. The highest BCUT2D eigenvalue weighted by Crippen LogP contribution is 2.49. The molecule has 1 atom stereocenters. The van der Waals surface area contributed by atoms with E-state index in [2.05, 4.69) is 6.58 Å². The lowest BCUT2D eigenvalue weighted by molar-refractivity contribution is -0.126. The number of amides is 2. The van der Waals surface area contributed by atoms with Crippen molar-refractivity contribution in [1.82, 2.24) is 9.80 Å². The molecule has 0 saturated carbocycles. The van der Waals surface area contributed by atoms with Gasteiger partial charge in [0.05, 0.1) is 7.11 Å². The van der Waals surface area contributed by atoms with E-state index in [1.54, 1.807) is 22.8 Å². The third-order valence-corrected chi connectivity index (χ3v) is 4.45. The van der Waals surface area contributed by atoms with E-state index >= 15 is 0 Å². The van der Waals surface area contributed by atoms with Crippen LogP contribution in [0, 0.1) is 5.41 Å². The van der Waals surface area contributed by atoms with Gasteiger partial charge in [-0.2, -0.15) is 0 Å². The molecule has 120 valence electrons. The Morgan fingerprint density at radius 1 is 1.41 bits per heavy atom. The molecular formula is C16H21ClN2O3. The molecule has 0 N–H and O–H groups in total. The SMILES string of the molecule is C=C(Cl)/C=C1\C(=C/C)N(C(C)=O)CC12CCN(C(=O)OC)C2. The molecule has 2 amide bonds. The van der Waals surface area contributed by atoms with E-state index < -0.39 is 0 Å². The van der Waals surface area contributed by atoms with E-state index in [-0.39, 0.29) is 17.4 Å². The Bertz CT molecular complexity index is 582. The van der Waals surface area contributed by atoms with Crippen molar-refractivity contribution >= 4 is 23.6 Å². The molecule has 5 nitrogen and oxygen atoms in total. The summed E-state index contributed by atoms with van der Waals surface area (Å²) < 4.78 is 4.81. The number of halogens is 1. The topological polar surface area (TPSA) is 49.9 Å². The van der Waals surface area contributed by atoms with Crippen LogP contribution in [0.1, 0.15) is 20.3 Å². The lowest BCUT2D eigenvalue weighted by Gasteiger charge is -2.24. The van der Waals surface area contributed by atoms with Crippen molar-refractivity contribution in [3.05, 3.63) is 35.0 Å². The zero-order valence-electron chi connectivity index (χ0n) is 13.2. The second kappa shape index (κ2) is 6.16. The van der Waals surface area contributed by atoms with Crippen molar-refractivity contribution in [1.29, 1.82) is 0 Å². The summed E-state index contributed by atoms with van der Waals surface area (Å²) >= 11 is 5.99. The Hall–Kier alpha value is -1.75. The molecule has 0 bridgehead atoms. The number of hydrogen-bond donors (Lipinski definition) is 0. The number of carbonyl (C=O) groups is 2. The summed E-state index contributed by atoms with van der Waals surface area (Å²) in [6.07, 6.45) is 4.13. The molecule has 2 heterocycles. The lowest BCUT2D eigenvalue weighted by Crippen LogP contribution is -2.35. The van der Waals surface area contributed by atoms with Crippen LogP contribution in [0.2, 0.25) is 0 Å². The third-order valence-electron chi connectivity index (χ3n) is 4.34. The molecular weight excluding hydrogens is 304 g/mol. The minimum atomic E-state index is -0.343. The number of likely N-dealkylation sites (tertiary alicyclic amines) is 2. The summed E-state index contributed by atoms with van der Waals surface area (Å²) in [6, 6.07) is 0. The van der Waals surface area contributed by atoms with Crippen molar-refractivity contribution in [2.24, 2.45) is 5.41 Å². The van der Waals surface area contributed by atoms with Gasteiger partial charge in [0.25, 0.3) is 0 Å². The van der Waals surface area contributed by atoms with Crippen LogP contribution < -0.4 is 0 Å². The molecule has 0 aromatic carbocycles. The average molecular weight is 325 g/mol. The Kier molecular flexibility index (Phi) is 4.66. The van der Waals surface area contributed by atoms with E-state index in [4.69, 9.17) is 16.3 Å². The molecule has 0 radical (unpaired) electrons. The summed E-state index contributed by atoms with van der Waals surface area (Å²) in [5.41, 5.74) is 1.51. The van der Waals surface area contributed by atoms with Gasteiger partial charge in [0.2, 0.25) is 5.91 Å². The number of methoxy groups -OCH3 is 1. The Morgan fingerprint density at radius 3 is 2.59 bits per heavy atom. The van der Waals surface area contributed by atoms with Gasteiger partial charge in [-0.3, -0.25) is 4.79 Å². The number of hydrogen-bond acceptors (Lipinski definition) is 3. The summed E-state index contributed by atoms with van der Waals surface area (Å²) in [7, 11) is 1.37. The first kappa shape index (κ1) is 16.6. The Balaban J connectivity index is 2.43. The van der Waals surface area contributed by atoms with Gasteiger partial charge in [-0.05, 0) is 25.0 Å². The standard InChI is InChI=1S/C16H21ClN2O3/c1-5-14-13(8-11(2)17)16(10-19(14)12(3)20)6-7-18(9-16)15(21)22-4/h5,8H,2,6-7,9-10H2,1,3-4H3/b13-8+,14-5+. The number of allylic oxidation sites excluding steroid dienone is 4. The first-order valence-electron chi connectivity index (χ1n) is 7.19. The smallest absolute Gasteiger partial charge is 0.409 e. The second-order valence-corrected chi connectivity index (χ2v) is 6.19. The van der Waals surface area contributed by atoms with Crippen LogP contribution in [0.15, 0.2) is 35.0 Å². The number of rotatable bonds is 1. The molecule has 2 fully saturated rings. The maximum absolute atomic E-state index is 12.0. The van der Waals surface area contributed by atoms with Crippen molar-refractivity contribution < 1.29 is 14.3 Å². The monoisotopic (exact) mass is 324 g/mol. The van der Waals surface area contributed by atoms with Crippen molar-refractivity contribution in [3.63, 3.8) is 0 Å². The highest BCUT2D eigenvalue weighted by molar-refractivity contribution is 6.30. The van der Waals surface area contributed by atoms with Gasteiger partial charge in [-0.1, -0.05) is 24.3 Å². The van der Waals surface area contributed by atoms with E-state index in [1.165, 1.54) is 7.11 Å². The molecule has 22 heavy (non-hydrogen) atoms. The van der Waals surface area contributed by atoms with Crippen LogP contribution in [0.25, 0.3) is 0 Å². The van der Waals surface area contributed by atoms with E-state index in [9.17, 15) is 9.59 Å². The van der Waals surface area contributed by atoms with Gasteiger partial charge in [0.15, 0.2) is 0 Å². The van der Waals surface area contributed by atoms with Crippen LogP contribution in [0.3, 0.4) is 0 Å². The average Bonchev–Trinajstić information content (AvgIpc) is 3.01. The summed E-state index contributed by atoms with van der Waals surface area (Å²) in [6.45, 7) is 8.83. The molecule has 2 aliphatic rings. The third kappa shape index (κ3) is 2.77. The number of ether oxygens (including phenoxy) is 1. The molecule has 0 aliphatic carbocycles. The van der Waals surface area contributed by atoms with Gasteiger partial charge >= 0.3 is 6.09 Å². The van der Waals surface area contributed by atoms with Gasteiger partial charge in [-0.15, -0.1) is 0 Å². The second-order valence-electron chi connectivity index (χ2n) is 5.71. The van der Waals surface area contributed by atoms with E-state index in [0.29, 0.717) is 24.7 Å². The number of nitrogens with zero attached hydrogens (tertiary/aromatic N) is 2. The lowest BCUT2D eigenvalue weighted by atomic mass is 9.80. The van der Waals surface area contributed by atoms with Crippen LogP contribution in [-0.2, 0) is 9.53 Å². The van der Waals surface area contributed by atoms with Crippen molar-refractivity contribution in [2.75, 3.05) is 26.7 Å². The molecule has 6 heteroatoms. The highest BCUT2D eigenvalue weighted by atomic mass is 35.5. The van der Waals surface area contributed by atoms with Crippen LogP contribution in [0.4, 0.5) is 4.79 Å². The molecule has 1 spiro atoms. The number of carbonyl (C=O) groups excluding carboxylic acids is 2. The fraction of sp³-hybridized carbons (Fsp3) is 0.500. The van der Waals surface area contributed by atoms with E-state index in [0.717, 1.165) is 17.7 Å². The largest absolute Gasteiger partial charge is 0.453 e. The molecule has 1 unspecified atom stereocenters. The van der Waals surface area contributed by atoms with Gasteiger partial charge in [0.1, 0.15) is 0 Å². The molecule has 0 aromatic rings. The van der Waals surface area contributed by atoms with Gasteiger partial charge < -0.3 is 14.5 Å². The first-order valence-corrected chi connectivity index (χ1v) is 7.56. The minimum absolute atomic E-state index is 0.0208. The van der Waals surface area contributed by atoms with Crippen LogP contribution in [-0.4, -0.2) is 48.5 Å². The normalized spacial score (nSPS) is 28.0. The predicted octanol–water partition coefficient (Wildman–Crippen LogP) is 2.89. The molecule has 2 saturated heterocycles. The van der Waals surface area contributed by atoms with Crippen molar-refractivity contribution in [2.45, 2.75) is 20.3 Å². The predicted molar refractivity (Wildman–Crippen MR) is 85.2 cm³/mol. The highest BCUT2D eigenvalue weighted by Gasteiger charge is 2.51. The quantitative estimate of drug-likeness (QED) is 0.745. The zero-order chi connectivity index (χ0) is 16.5. The fourth-order valence-electron chi connectivity index (χ4n) is 3.37. The maximum Gasteiger partial charge on any atom is 0.409 e. The van der Waals surface area contributed by atoms with Crippen molar-refractivity contribution in [3.8, 4) is 0 Å². The van der Waals surface area contributed by atoms with E-state index in [1.807, 2.05) is 13.0 Å². The van der Waals surface area contributed by atoms with Gasteiger partial charge in [-0.25, -0.2) is 4.79 Å². The first-order chi connectivity index (χ1) is 10.3. The minimum Gasteiger partial charge on any atom is -0.453 e. The molecule has 2 rings (SSSR count).